The van der Waals surface area contributed by atoms with Gasteiger partial charge in [0.2, 0.25) is 15.9 Å². The third kappa shape index (κ3) is 4.89. The molecule has 0 aliphatic carbocycles. The van der Waals surface area contributed by atoms with E-state index >= 15 is 0 Å². The zero-order valence-corrected chi connectivity index (χ0v) is 20.2. The lowest BCUT2D eigenvalue weighted by Crippen LogP contribution is -2.51. The van der Waals surface area contributed by atoms with Gasteiger partial charge in [0.15, 0.2) is 11.5 Å². The number of sulfonamides is 1. The van der Waals surface area contributed by atoms with Gasteiger partial charge in [0.1, 0.15) is 13.2 Å². The average molecular weight is 492 g/mol. The molecule has 10 heteroatoms. The number of amides is 1. The van der Waals surface area contributed by atoms with Crippen LogP contribution in [0.4, 0.5) is 0 Å². The van der Waals surface area contributed by atoms with Gasteiger partial charge in [-0.3, -0.25) is 9.69 Å². The van der Waals surface area contributed by atoms with Gasteiger partial charge in [0, 0.05) is 62.7 Å². The number of carbonyl (C=O) groups excluding carboxylic acids is 1. The van der Waals surface area contributed by atoms with E-state index in [0.29, 0.717) is 50.6 Å². The van der Waals surface area contributed by atoms with Gasteiger partial charge in [-0.15, -0.1) is 11.3 Å². The Morgan fingerprint density at radius 3 is 2.39 bits per heavy atom. The molecule has 0 unspecified atom stereocenters. The molecule has 0 spiro atoms. The number of ether oxygens (including phenoxy) is 2. The highest BCUT2D eigenvalue weighted by Crippen LogP contribution is 2.34. The van der Waals surface area contributed by atoms with Gasteiger partial charge in [-0.05, 0) is 36.4 Å². The predicted molar refractivity (Wildman–Crippen MR) is 125 cm³/mol. The van der Waals surface area contributed by atoms with Crippen LogP contribution in [0.2, 0.25) is 0 Å². The number of piperazine rings is 1. The lowest BCUT2D eigenvalue weighted by atomic mass is 9.96. The summed E-state index contributed by atoms with van der Waals surface area (Å²) in [4.78, 5) is 19.0. The molecule has 2 fully saturated rings. The Morgan fingerprint density at radius 2 is 1.70 bits per heavy atom. The van der Waals surface area contributed by atoms with E-state index in [9.17, 15) is 13.2 Å². The van der Waals surface area contributed by atoms with Crippen LogP contribution >= 0.6 is 11.3 Å². The summed E-state index contributed by atoms with van der Waals surface area (Å²) in [6.07, 6.45) is 1.11. The van der Waals surface area contributed by atoms with Crippen molar-refractivity contribution in [3.05, 3.63) is 40.6 Å². The number of benzene rings is 1. The Hall–Kier alpha value is -2.14. The van der Waals surface area contributed by atoms with Crippen LogP contribution in [0.5, 0.6) is 11.5 Å². The molecule has 0 atom stereocenters. The Morgan fingerprint density at radius 1 is 0.970 bits per heavy atom. The molecule has 0 radical (unpaired) electrons. The van der Waals surface area contributed by atoms with E-state index < -0.39 is 10.0 Å². The van der Waals surface area contributed by atoms with Crippen LogP contribution in [-0.4, -0.2) is 80.9 Å². The molecule has 178 valence electrons. The van der Waals surface area contributed by atoms with Crippen LogP contribution in [-0.2, 0) is 21.4 Å². The summed E-state index contributed by atoms with van der Waals surface area (Å²) >= 11 is 1.76. The van der Waals surface area contributed by atoms with Crippen molar-refractivity contribution in [2.45, 2.75) is 24.3 Å². The van der Waals surface area contributed by atoms with E-state index in [1.165, 1.54) is 15.2 Å². The first kappa shape index (κ1) is 22.6. The van der Waals surface area contributed by atoms with Gasteiger partial charge in [-0.2, -0.15) is 4.31 Å². The van der Waals surface area contributed by atoms with Crippen LogP contribution < -0.4 is 9.47 Å². The molecule has 2 aromatic rings. The maximum atomic E-state index is 13.1. The molecule has 0 N–H and O–H groups in total. The Kier molecular flexibility index (Phi) is 6.60. The topological polar surface area (TPSA) is 79.4 Å². The summed E-state index contributed by atoms with van der Waals surface area (Å²) in [6, 6.07) is 8.97. The van der Waals surface area contributed by atoms with Gasteiger partial charge < -0.3 is 14.4 Å². The number of carbonyl (C=O) groups is 1. The average Bonchev–Trinajstić information content (AvgIpc) is 3.37. The minimum absolute atomic E-state index is 0.111. The summed E-state index contributed by atoms with van der Waals surface area (Å²) in [5.41, 5.74) is 0. The SMILES string of the molecule is O=C(C1CCN(S(=O)(=O)c2ccc3c(c2)OCCO3)CC1)N1CCN(Cc2cccs2)CC1. The van der Waals surface area contributed by atoms with Crippen LogP contribution in [0.1, 0.15) is 17.7 Å². The fraction of sp³-hybridized carbons (Fsp3) is 0.522. The first-order chi connectivity index (χ1) is 16.0. The van der Waals surface area contributed by atoms with Crippen molar-refractivity contribution < 1.29 is 22.7 Å². The van der Waals surface area contributed by atoms with Crippen molar-refractivity contribution in [1.29, 1.82) is 0 Å². The third-order valence-corrected chi connectivity index (χ3v) is 9.35. The molecular formula is C23H29N3O5S2. The smallest absolute Gasteiger partial charge is 0.243 e. The first-order valence-corrected chi connectivity index (χ1v) is 13.8. The monoisotopic (exact) mass is 491 g/mol. The molecule has 4 heterocycles. The van der Waals surface area contributed by atoms with Crippen molar-refractivity contribution in [3.63, 3.8) is 0 Å². The molecule has 5 rings (SSSR count). The lowest BCUT2D eigenvalue weighted by molar-refractivity contribution is -0.138. The molecular weight excluding hydrogens is 462 g/mol. The Labute approximate surface area is 198 Å². The number of thiophene rings is 1. The quantitative estimate of drug-likeness (QED) is 0.639. The molecule has 1 amide bonds. The van der Waals surface area contributed by atoms with E-state index in [1.807, 2.05) is 4.90 Å². The van der Waals surface area contributed by atoms with Crippen LogP contribution in [0.3, 0.4) is 0 Å². The van der Waals surface area contributed by atoms with Crippen LogP contribution in [0, 0.1) is 5.92 Å². The fourth-order valence-electron chi connectivity index (χ4n) is 4.68. The first-order valence-electron chi connectivity index (χ1n) is 11.4. The van der Waals surface area contributed by atoms with E-state index in [1.54, 1.807) is 23.5 Å². The second-order valence-corrected chi connectivity index (χ2v) is 11.6. The van der Waals surface area contributed by atoms with Crippen molar-refractivity contribution >= 4 is 27.3 Å². The maximum Gasteiger partial charge on any atom is 0.243 e. The molecule has 0 bridgehead atoms. The van der Waals surface area contributed by atoms with Crippen molar-refractivity contribution in [2.24, 2.45) is 5.92 Å². The number of nitrogens with zero attached hydrogens (tertiary/aromatic N) is 3. The highest BCUT2D eigenvalue weighted by molar-refractivity contribution is 7.89. The summed E-state index contributed by atoms with van der Waals surface area (Å²) in [5.74, 6) is 1.09. The highest BCUT2D eigenvalue weighted by Gasteiger charge is 2.35. The molecule has 1 aromatic carbocycles. The van der Waals surface area contributed by atoms with Crippen LogP contribution in [0.15, 0.2) is 40.6 Å². The molecule has 33 heavy (non-hydrogen) atoms. The molecule has 3 aliphatic heterocycles. The second kappa shape index (κ2) is 9.61. The fourth-order valence-corrected chi connectivity index (χ4v) is 6.92. The Bertz CT molecular complexity index is 1070. The minimum atomic E-state index is -3.63. The summed E-state index contributed by atoms with van der Waals surface area (Å²) < 4.78 is 38.8. The van der Waals surface area contributed by atoms with Gasteiger partial charge in [-0.25, -0.2) is 8.42 Å². The molecule has 2 saturated heterocycles. The van der Waals surface area contributed by atoms with E-state index in [-0.39, 0.29) is 16.7 Å². The highest BCUT2D eigenvalue weighted by atomic mass is 32.2. The third-order valence-electron chi connectivity index (χ3n) is 6.60. The summed E-state index contributed by atoms with van der Waals surface area (Å²) in [5, 5.41) is 2.09. The predicted octanol–water partition coefficient (Wildman–Crippen LogP) is 2.26. The van der Waals surface area contributed by atoms with Crippen molar-refractivity contribution in [3.8, 4) is 11.5 Å². The zero-order chi connectivity index (χ0) is 22.8. The maximum absolute atomic E-state index is 13.1. The Balaban J connectivity index is 1.14. The number of fused-ring (bicyclic) bond motifs is 1. The lowest BCUT2D eigenvalue weighted by Gasteiger charge is -2.38. The van der Waals surface area contributed by atoms with Gasteiger partial charge in [0.05, 0.1) is 4.90 Å². The number of hydrogen-bond acceptors (Lipinski definition) is 7. The minimum Gasteiger partial charge on any atom is -0.486 e. The largest absolute Gasteiger partial charge is 0.486 e. The summed E-state index contributed by atoms with van der Waals surface area (Å²) in [6.45, 7) is 5.74. The number of piperidine rings is 1. The molecule has 8 nitrogen and oxygen atoms in total. The molecule has 1 aromatic heterocycles. The normalized spacial score (nSPS) is 20.7. The van der Waals surface area contributed by atoms with Gasteiger partial charge in [0.25, 0.3) is 0 Å². The second-order valence-electron chi connectivity index (χ2n) is 8.66. The molecule has 3 aliphatic rings. The van der Waals surface area contributed by atoms with E-state index in [4.69, 9.17) is 9.47 Å². The molecule has 0 saturated carbocycles. The summed E-state index contributed by atoms with van der Waals surface area (Å²) in [7, 11) is -3.63. The standard InChI is InChI=1S/C23H29N3O5S2/c27-23(25-11-9-24(10-12-25)17-19-2-1-15-32-19)18-5-7-26(8-6-18)33(28,29)20-3-4-21-22(16-20)31-14-13-30-21/h1-4,15-16,18H,5-14,17H2. The van der Waals surface area contributed by atoms with E-state index in [2.05, 4.69) is 22.4 Å². The number of rotatable bonds is 5. The van der Waals surface area contributed by atoms with Crippen LogP contribution in [0.25, 0.3) is 0 Å². The van der Waals surface area contributed by atoms with Crippen molar-refractivity contribution in [1.82, 2.24) is 14.1 Å². The van der Waals surface area contributed by atoms with Gasteiger partial charge >= 0.3 is 0 Å². The zero-order valence-electron chi connectivity index (χ0n) is 18.5. The van der Waals surface area contributed by atoms with Crippen molar-refractivity contribution in [2.75, 3.05) is 52.5 Å². The number of hydrogen-bond donors (Lipinski definition) is 0. The van der Waals surface area contributed by atoms with E-state index in [0.717, 1.165) is 32.7 Å². The van der Waals surface area contributed by atoms with Gasteiger partial charge in [-0.1, -0.05) is 6.07 Å².